The van der Waals surface area contributed by atoms with E-state index in [2.05, 4.69) is 15.5 Å². The zero-order valence-electron chi connectivity index (χ0n) is 10.6. The van der Waals surface area contributed by atoms with Gasteiger partial charge in [-0.3, -0.25) is 9.89 Å². The molecular formula is C12H13N3O4S. The Labute approximate surface area is 118 Å². The SMILES string of the molecule is COC(CNC(=O)c1cc(-c2cccs2)[nH]n1)C(=O)O. The number of H-pyrrole nitrogens is 1. The fraction of sp³-hybridized carbons (Fsp3) is 0.250. The second-order valence-corrected chi connectivity index (χ2v) is 4.86. The molecule has 1 atom stereocenters. The predicted molar refractivity (Wildman–Crippen MR) is 72.7 cm³/mol. The van der Waals surface area contributed by atoms with E-state index in [0.29, 0.717) is 0 Å². The molecule has 1 unspecified atom stereocenters. The van der Waals surface area contributed by atoms with Crippen LogP contribution in [0.15, 0.2) is 23.6 Å². The minimum atomic E-state index is -1.13. The molecule has 0 aliphatic heterocycles. The van der Waals surface area contributed by atoms with Crippen molar-refractivity contribution in [2.45, 2.75) is 6.10 Å². The topological polar surface area (TPSA) is 104 Å². The van der Waals surface area contributed by atoms with Crippen molar-refractivity contribution in [1.29, 1.82) is 0 Å². The first-order valence-corrected chi connectivity index (χ1v) is 6.63. The molecule has 106 valence electrons. The van der Waals surface area contributed by atoms with Gasteiger partial charge in [-0.15, -0.1) is 11.3 Å². The van der Waals surface area contributed by atoms with E-state index in [1.807, 2.05) is 17.5 Å². The van der Waals surface area contributed by atoms with E-state index in [4.69, 9.17) is 9.84 Å². The normalized spacial score (nSPS) is 12.1. The molecule has 3 N–H and O–H groups in total. The molecule has 0 spiro atoms. The number of carbonyl (C=O) groups excluding carboxylic acids is 1. The van der Waals surface area contributed by atoms with Crippen molar-refractivity contribution in [3.8, 4) is 10.6 Å². The van der Waals surface area contributed by atoms with Crippen LogP contribution >= 0.6 is 11.3 Å². The maximum absolute atomic E-state index is 11.8. The van der Waals surface area contributed by atoms with Crippen LogP contribution in [0.3, 0.4) is 0 Å². The number of carboxylic acids is 1. The number of aliphatic carboxylic acids is 1. The van der Waals surface area contributed by atoms with Crippen LogP contribution in [0.1, 0.15) is 10.5 Å². The molecule has 2 heterocycles. The van der Waals surface area contributed by atoms with Gasteiger partial charge in [-0.2, -0.15) is 5.10 Å². The smallest absolute Gasteiger partial charge is 0.334 e. The molecule has 0 radical (unpaired) electrons. The Balaban J connectivity index is 1.98. The molecule has 0 aliphatic rings. The lowest BCUT2D eigenvalue weighted by Gasteiger charge is -2.10. The highest BCUT2D eigenvalue weighted by Gasteiger charge is 2.19. The van der Waals surface area contributed by atoms with E-state index >= 15 is 0 Å². The lowest BCUT2D eigenvalue weighted by Crippen LogP contribution is -2.37. The number of carbonyl (C=O) groups is 2. The third kappa shape index (κ3) is 3.22. The molecule has 1 amide bonds. The summed E-state index contributed by atoms with van der Waals surface area (Å²) < 4.78 is 4.72. The van der Waals surface area contributed by atoms with E-state index < -0.39 is 18.0 Å². The van der Waals surface area contributed by atoms with Gasteiger partial charge >= 0.3 is 5.97 Å². The van der Waals surface area contributed by atoms with Gasteiger partial charge in [-0.05, 0) is 17.5 Å². The average Bonchev–Trinajstić information content (AvgIpc) is 3.09. The number of thiophene rings is 1. The van der Waals surface area contributed by atoms with E-state index in [0.717, 1.165) is 10.6 Å². The zero-order chi connectivity index (χ0) is 14.5. The number of nitrogens with zero attached hydrogens (tertiary/aromatic N) is 1. The second-order valence-electron chi connectivity index (χ2n) is 3.92. The molecule has 2 aromatic rings. The van der Waals surface area contributed by atoms with Gasteiger partial charge in [-0.25, -0.2) is 4.79 Å². The summed E-state index contributed by atoms with van der Waals surface area (Å²) in [5.74, 6) is -1.58. The van der Waals surface area contributed by atoms with Crippen molar-refractivity contribution in [3.05, 3.63) is 29.3 Å². The van der Waals surface area contributed by atoms with Gasteiger partial charge in [0.05, 0.1) is 17.1 Å². The highest BCUT2D eigenvalue weighted by Crippen LogP contribution is 2.22. The van der Waals surface area contributed by atoms with E-state index in [9.17, 15) is 9.59 Å². The standard InChI is InChI=1S/C12H13N3O4S/c1-19-9(12(17)18)6-13-11(16)8-5-7(14-15-8)10-3-2-4-20-10/h2-5,9H,6H2,1H3,(H,13,16)(H,14,15)(H,17,18). The van der Waals surface area contributed by atoms with Crippen LogP contribution in [0.5, 0.6) is 0 Å². The zero-order valence-corrected chi connectivity index (χ0v) is 11.4. The predicted octanol–water partition coefficient (Wildman–Crippen LogP) is 0.968. The number of hydrogen-bond donors (Lipinski definition) is 3. The molecule has 0 bridgehead atoms. The molecule has 20 heavy (non-hydrogen) atoms. The Morgan fingerprint density at radius 1 is 1.60 bits per heavy atom. The maximum atomic E-state index is 11.8. The summed E-state index contributed by atoms with van der Waals surface area (Å²) in [5, 5.41) is 19.8. The summed E-state index contributed by atoms with van der Waals surface area (Å²) in [6.45, 7) is -0.119. The molecular weight excluding hydrogens is 282 g/mol. The Morgan fingerprint density at radius 2 is 2.40 bits per heavy atom. The van der Waals surface area contributed by atoms with Crippen LogP contribution in [0, 0.1) is 0 Å². The fourth-order valence-corrected chi connectivity index (χ4v) is 2.24. The van der Waals surface area contributed by atoms with Gasteiger partial charge in [-0.1, -0.05) is 6.07 Å². The molecule has 0 saturated heterocycles. The van der Waals surface area contributed by atoms with Gasteiger partial charge in [0.15, 0.2) is 11.8 Å². The van der Waals surface area contributed by atoms with Gasteiger partial charge < -0.3 is 15.2 Å². The van der Waals surface area contributed by atoms with E-state index in [-0.39, 0.29) is 12.2 Å². The Hall–Kier alpha value is -2.19. The summed E-state index contributed by atoms with van der Waals surface area (Å²) in [5.41, 5.74) is 0.945. The number of ether oxygens (including phenoxy) is 1. The molecule has 2 aromatic heterocycles. The minimum Gasteiger partial charge on any atom is -0.479 e. The van der Waals surface area contributed by atoms with Crippen LogP contribution in [-0.4, -0.2) is 46.9 Å². The molecule has 7 nitrogen and oxygen atoms in total. The fourth-order valence-electron chi connectivity index (χ4n) is 1.54. The van der Waals surface area contributed by atoms with Crippen LogP contribution in [-0.2, 0) is 9.53 Å². The first kappa shape index (κ1) is 14.2. The van der Waals surface area contributed by atoms with Crippen LogP contribution in [0.2, 0.25) is 0 Å². The quantitative estimate of drug-likeness (QED) is 0.736. The van der Waals surface area contributed by atoms with Gasteiger partial charge in [0.25, 0.3) is 5.91 Å². The highest BCUT2D eigenvalue weighted by molar-refractivity contribution is 7.13. The number of hydrogen-bond acceptors (Lipinski definition) is 5. The van der Waals surface area contributed by atoms with Gasteiger partial charge in [0.2, 0.25) is 0 Å². The first-order valence-electron chi connectivity index (χ1n) is 5.75. The maximum Gasteiger partial charge on any atom is 0.334 e. The third-order valence-electron chi connectivity index (χ3n) is 2.61. The number of methoxy groups -OCH3 is 1. The van der Waals surface area contributed by atoms with Gasteiger partial charge in [0, 0.05) is 7.11 Å². The van der Waals surface area contributed by atoms with Crippen LogP contribution in [0.4, 0.5) is 0 Å². The summed E-state index contributed by atoms with van der Waals surface area (Å²) in [6, 6.07) is 5.42. The van der Waals surface area contributed by atoms with Crippen molar-refractivity contribution in [2.75, 3.05) is 13.7 Å². The third-order valence-corrected chi connectivity index (χ3v) is 3.51. The summed E-state index contributed by atoms with van der Waals surface area (Å²) in [7, 11) is 1.27. The van der Waals surface area contributed by atoms with Crippen molar-refractivity contribution < 1.29 is 19.4 Å². The number of amides is 1. The summed E-state index contributed by atoms with van der Waals surface area (Å²) >= 11 is 1.53. The number of carboxylic acid groups (broad SMARTS) is 1. The molecule has 0 fully saturated rings. The number of rotatable bonds is 6. The largest absolute Gasteiger partial charge is 0.479 e. The summed E-state index contributed by atoms with van der Waals surface area (Å²) in [4.78, 5) is 23.5. The van der Waals surface area contributed by atoms with Crippen molar-refractivity contribution >= 4 is 23.2 Å². The Kier molecular flexibility index (Phi) is 4.49. The lowest BCUT2D eigenvalue weighted by molar-refractivity contribution is -0.148. The summed E-state index contributed by atoms with van der Waals surface area (Å²) in [6.07, 6.45) is -1.07. The van der Waals surface area contributed by atoms with Crippen molar-refractivity contribution in [1.82, 2.24) is 15.5 Å². The number of aromatic amines is 1. The molecule has 0 aromatic carbocycles. The second kappa shape index (κ2) is 6.31. The number of nitrogens with one attached hydrogen (secondary N) is 2. The highest BCUT2D eigenvalue weighted by atomic mass is 32.1. The lowest BCUT2D eigenvalue weighted by atomic mass is 10.3. The average molecular weight is 295 g/mol. The van der Waals surface area contributed by atoms with Crippen molar-refractivity contribution in [2.24, 2.45) is 0 Å². The van der Waals surface area contributed by atoms with Crippen molar-refractivity contribution in [3.63, 3.8) is 0 Å². The first-order chi connectivity index (χ1) is 9.61. The molecule has 0 saturated carbocycles. The number of aromatic nitrogens is 2. The molecule has 2 rings (SSSR count). The van der Waals surface area contributed by atoms with Gasteiger partial charge in [0.1, 0.15) is 0 Å². The Morgan fingerprint density at radius 3 is 3.00 bits per heavy atom. The monoisotopic (exact) mass is 295 g/mol. The van der Waals surface area contributed by atoms with E-state index in [1.54, 1.807) is 6.07 Å². The molecule has 0 aliphatic carbocycles. The Bertz CT molecular complexity index is 594. The minimum absolute atomic E-state index is 0.119. The van der Waals surface area contributed by atoms with Crippen LogP contribution in [0.25, 0.3) is 10.6 Å². The van der Waals surface area contributed by atoms with Crippen LogP contribution < -0.4 is 5.32 Å². The molecule has 8 heteroatoms. The van der Waals surface area contributed by atoms with E-state index in [1.165, 1.54) is 18.4 Å².